The lowest BCUT2D eigenvalue weighted by molar-refractivity contribution is 0.604. The van der Waals surface area contributed by atoms with Gasteiger partial charge in [-0.2, -0.15) is 16.7 Å². The average Bonchev–Trinajstić information content (AvgIpc) is 2.76. The minimum absolute atomic E-state index is 0.160. The van der Waals surface area contributed by atoms with Crippen molar-refractivity contribution in [2.24, 2.45) is 5.84 Å². The second-order valence-electron chi connectivity index (χ2n) is 4.29. The second kappa shape index (κ2) is 5.05. The maximum atomic E-state index is 13.4. The van der Waals surface area contributed by atoms with Gasteiger partial charge in [0.15, 0.2) is 11.6 Å². The van der Waals surface area contributed by atoms with Crippen molar-refractivity contribution in [1.82, 2.24) is 9.97 Å². The summed E-state index contributed by atoms with van der Waals surface area (Å²) in [5, 5.41) is 3.03. The highest BCUT2D eigenvalue weighted by Crippen LogP contribution is 2.37. The van der Waals surface area contributed by atoms with Crippen LogP contribution in [0.15, 0.2) is 6.20 Å². The van der Waals surface area contributed by atoms with Crippen LogP contribution < -0.4 is 16.6 Å². The number of hydrazine groups is 1. The van der Waals surface area contributed by atoms with Crippen LogP contribution in [0.5, 0.6) is 0 Å². The van der Waals surface area contributed by atoms with Crippen molar-refractivity contribution in [1.29, 1.82) is 0 Å². The van der Waals surface area contributed by atoms with Gasteiger partial charge in [-0.1, -0.05) is 0 Å². The van der Waals surface area contributed by atoms with E-state index in [9.17, 15) is 4.39 Å². The molecule has 5 nitrogen and oxygen atoms in total. The Bertz CT molecular complexity index is 394. The van der Waals surface area contributed by atoms with Gasteiger partial charge in [0.25, 0.3) is 0 Å². The van der Waals surface area contributed by atoms with E-state index in [1.54, 1.807) is 0 Å². The molecule has 1 fully saturated rings. The zero-order valence-electron chi connectivity index (χ0n) is 9.66. The Hall–Kier alpha value is -1.08. The van der Waals surface area contributed by atoms with Gasteiger partial charge in [0.2, 0.25) is 5.95 Å². The van der Waals surface area contributed by atoms with Crippen LogP contribution in [-0.2, 0) is 0 Å². The number of thioether (sulfide) groups is 1. The smallest absolute Gasteiger partial charge is 0.239 e. The van der Waals surface area contributed by atoms with Gasteiger partial charge in [0, 0.05) is 11.3 Å². The van der Waals surface area contributed by atoms with E-state index in [0.717, 1.165) is 12.6 Å². The Morgan fingerprint density at radius 1 is 1.65 bits per heavy atom. The molecule has 1 aromatic rings. The van der Waals surface area contributed by atoms with Crippen LogP contribution in [0.2, 0.25) is 0 Å². The van der Waals surface area contributed by atoms with Crippen molar-refractivity contribution in [2.75, 3.05) is 23.0 Å². The summed E-state index contributed by atoms with van der Waals surface area (Å²) < 4.78 is 13.6. The average molecular weight is 257 g/mol. The Morgan fingerprint density at radius 2 is 2.47 bits per heavy atom. The first-order valence-corrected chi connectivity index (χ1v) is 6.48. The van der Waals surface area contributed by atoms with Gasteiger partial charge in [0.05, 0.1) is 6.20 Å². The lowest BCUT2D eigenvalue weighted by atomic mass is 10.1. The zero-order chi connectivity index (χ0) is 12.3. The molecule has 2 rings (SSSR count). The summed E-state index contributed by atoms with van der Waals surface area (Å²) in [5.74, 6) is 6.29. The molecule has 1 aromatic heterocycles. The fraction of sp³-hybridized carbons (Fsp3) is 0.600. The zero-order valence-corrected chi connectivity index (χ0v) is 10.5. The molecule has 1 aliphatic rings. The number of rotatable bonds is 4. The summed E-state index contributed by atoms with van der Waals surface area (Å²) in [6.45, 7) is 2.87. The fourth-order valence-corrected chi connectivity index (χ4v) is 3.05. The predicted octanol–water partition coefficient (Wildman–Crippen LogP) is 1.60. The number of nitrogens with two attached hydrogens (primary N) is 1. The summed E-state index contributed by atoms with van der Waals surface area (Å²) in [6.07, 6.45) is 3.46. The molecule has 4 N–H and O–H groups in total. The van der Waals surface area contributed by atoms with Gasteiger partial charge in [-0.05, 0) is 25.5 Å². The van der Waals surface area contributed by atoms with Crippen LogP contribution in [0.25, 0.3) is 0 Å². The van der Waals surface area contributed by atoms with E-state index in [2.05, 4.69) is 27.6 Å². The van der Waals surface area contributed by atoms with Crippen LogP contribution >= 0.6 is 11.8 Å². The van der Waals surface area contributed by atoms with Crippen LogP contribution in [-0.4, -0.2) is 27.0 Å². The van der Waals surface area contributed by atoms with Crippen molar-refractivity contribution >= 4 is 23.5 Å². The van der Waals surface area contributed by atoms with Gasteiger partial charge in [-0.15, -0.1) is 0 Å². The van der Waals surface area contributed by atoms with Gasteiger partial charge in [0.1, 0.15) is 0 Å². The SMILES string of the molecule is CC1(CNc2nc(NN)ncc2F)CCCS1. The Labute approximate surface area is 104 Å². The molecule has 1 aliphatic heterocycles. The molecule has 0 amide bonds. The third kappa shape index (κ3) is 2.98. The molecule has 94 valence electrons. The van der Waals surface area contributed by atoms with Crippen molar-refractivity contribution < 1.29 is 4.39 Å². The van der Waals surface area contributed by atoms with Gasteiger partial charge >= 0.3 is 0 Å². The minimum atomic E-state index is -0.462. The molecule has 1 unspecified atom stereocenters. The van der Waals surface area contributed by atoms with Crippen molar-refractivity contribution in [3.8, 4) is 0 Å². The number of anilines is 2. The van der Waals surface area contributed by atoms with Crippen LogP contribution in [0.3, 0.4) is 0 Å². The van der Waals surface area contributed by atoms with Crippen LogP contribution in [0.4, 0.5) is 16.2 Å². The van der Waals surface area contributed by atoms with E-state index in [-0.39, 0.29) is 16.5 Å². The molecule has 0 spiro atoms. The quantitative estimate of drug-likeness (QED) is 0.562. The van der Waals surface area contributed by atoms with Gasteiger partial charge in [-0.25, -0.2) is 15.2 Å². The molecule has 1 saturated heterocycles. The topological polar surface area (TPSA) is 75.9 Å². The third-order valence-electron chi connectivity index (χ3n) is 2.80. The highest BCUT2D eigenvalue weighted by molar-refractivity contribution is 8.00. The first kappa shape index (κ1) is 12.4. The Kier molecular flexibility index (Phi) is 3.68. The van der Waals surface area contributed by atoms with E-state index in [0.29, 0.717) is 6.54 Å². The van der Waals surface area contributed by atoms with E-state index < -0.39 is 5.82 Å². The lowest BCUT2D eigenvalue weighted by Gasteiger charge is -2.23. The van der Waals surface area contributed by atoms with Crippen molar-refractivity contribution in [3.63, 3.8) is 0 Å². The summed E-state index contributed by atoms with van der Waals surface area (Å²) in [7, 11) is 0. The molecule has 17 heavy (non-hydrogen) atoms. The molecule has 2 heterocycles. The number of nitrogens with one attached hydrogen (secondary N) is 2. The van der Waals surface area contributed by atoms with Crippen LogP contribution in [0, 0.1) is 5.82 Å². The molecular weight excluding hydrogens is 241 g/mol. The number of nitrogens with zero attached hydrogens (tertiary/aromatic N) is 2. The highest BCUT2D eigenvalue weighted by atomic mass is 32.2. The lowest BCUT2D eigenvalue weighted by Crippen LogP contribution is -2.28. The summed E-state index contributed by atoms with van der Waals surface area (Å²) in [6, 6.07) is 0. The first-order valence-electron chi connectivity index (χ1n) is 5.50. The standard InChI is InChI=1S/C10H16FN5S/c1-10(3-2-4-17-10)6-14-8-7(11)5-13-9(15-8)16-12/h5H,2-4,6,12H2,1H3,(H2,13,14,15,16). The van der Waals surface area contributed by atoms with Gasteiger partial charge in [-0.3, -0.25) is 5.43 Å². The normalized spacial score (nSPS) is 23.7. The summed E-state index contributed by atoms with van der Waals surface area (Å²) in [5.41, 5.74) is 2.30. The number of hydrogen-bond donors (Lipinski definition) is 3. The monoisotopic (exact) mass is 257 g/mol. The molecule has 0 radical (unpaired) electrons. The molecule has 7 heteroatoms. The number of halogens is 1. The van der Waals surface area contributed by atoms with E-state index in [1.165, 1.54) is 12.2 Å². The number of hydrogen-bond acceptors (Lipinski definition) is 6. The fourth-order valence-electron chi connectivity index (χ4n) is 1.81. The summed E-state index contributed by atoms with van der Waals surface area (Å²) >= 11 is 1.91. The maximum absolute atomic E-state index is 13.4. The highest BCUT2D eigenvalue weighted by Gasteiger charge is 2.29. The van der Waals surface area contributed by atoms with E-state index in [4.69, 9.17) is 5.84 Å². The molecule has 0 aliphatic carbocycles. The second-order valence-corrected chi connectivity index (χ2v) is 5.97. The Balaban J connectivity index is 2.02. The minimum Gasteiger partial charge on any atom is -0.366 e. The molecule has 1 atom stereocenters. The Morgan fingerprint density at radius 3 is 3.12 bits per heavy atom. The maximum Gasteiger partial charge on any atom is 0.239 e. The molecule has 0 saturated carbocycles. The number of aromatic nitrogens is 2. The van der Waals surface area contributed by atoms with Gasteiger partial charge < -0.3 is 5.32 Å². The molecule has 0 bridgehead atoms. The molecule has 0 aromatic carbocycles. The summed E-state index contributed by atoms with van der Waals surface area (Å²) in [4.78, 5) is 7.63. The molecular formula is C10H16FN5S. The van der Waals surface area contributed by atoms with Crippen molar-refractivity contribution in [3.05, 3.63) is 12.0 Å². The third-order valence-corrected chi connectivity index (χ3v) is 4.34. The van der Waals surface area contributed by atoms with E-state index in [1.807, 2.05) is 11.8 Å². The largest absolute Gasteiger partial charge is 0.366 e. The van der Waals surface area contributed by atoms with Crippen molar-refractivity contribution in [2.45, 2.75) is 24.5 Å². The van der Waals surface area contributed by atoms with E-state index >= 15 is 0 Å². The predicted molar refractivity (Wildman–Crippen MR) is 68.4 cm³/mol. The number of nitrogen functional groups attached to an aromatic ring is 1. The first-order chi connectivity index (χ1) is 8.13. The van der Waals surface area contributed by atoms with Crippen LogP contribution in [0.1, 0.15) is 19.8 Å².